The molecule has 0 aliphatic carbocycles. The highest BCUT2D eigenvalue weighted by atomic mass is 79.9. The maximum Gasteiger partial charge on any atom is 0.257 e. The van der Waals surface area contributed by atoms with Crippen LogP contribution in [0.2, 0.25) is 0 Å². The molecule has 0 saturated heterocycles. The zero-order valence-electron chi connectivity index (χ0n) is 16.6. The molecular weight excluding hydrogens is 502 g/mol. The fraction of sp³-hybridized carbons (Fsp3) is 0.150. The number of halogens is 1. The number of rotatable bonds is 7. The molecule has 0 atom stereocenters. The fourth-order valence-electron chi connectivity index (χ4n) is 2.67. The molecule has 12 heteroatoms. The highest BCUT2D eigenvalue weighted by molar-refractivity contribution is 9.10. The lowest BCUT2D eigenvalue weighted by Gasteiger charge is -2.02. The summed E-state index contributed by atoms with van der Waals surface area (Å²) in [5, 5.41) is 15.2. The van der Waals surface area contributed by atoms with Crippen LogP contribution in [0.5, 0.6) is 17.2 Å². The largest absolute Gasteiger partial charge is 0.497 e. The molecule has 1 aromatic heterocycles. The molecule has 10 nitrogen and oxygen atoms in total. The molecule has 0 fully saturated rings. The SMILES string of the molecule is COc1ccc(C(=O)Nc2nnc(CC(=O)N/N=C/c3cc4c(cc3Br)OCO4)s2)cc1. The first kappa shape index (κ1) is 21.7. The zero-order chi connectivity index (χ0) is 22.5. The molecule has 2 N–H and O–H groups in total. The molecule has 0 unspecified atom stereocenters. The summed E-state index contributed by atoms with van der Waals surface area (Å²) >= 11 is 4.53. The molecule has 0 bridgehead atoms. The Hall–Kier alpha value is -3.51. The predicted octanol–water partition coefficient (Wildman–Crippen LogP) is 2.98. The van der Waals surface area contributed by atoms with E-state index in [9.17, 15) is 9.59 Å². The summed E-state index contributed by atoms with van der Waals surface area (Å²) in [6.45, 7) is 0.170. The van der Waals surface area contributed by atoms with Crippen LogP contribution in [0.1, 0.15) is 20.9 Å². The Morgan fingerprint density at radius 1 is 1.22 bits per heavy atom. The first-order valence-corrected chi connectivity index (χ1v) is 10.8. The molecule has 2 heterocycles. The summed E-state index contributed by atoms with van der Waals surface area (Å²) in [7, 11) is 1.55. The van der Waals surface area contributed by atoms with Crippen LogP contribution in [0.3, 0.4) is 0 Å². The molecule has 1 aliphatic rings. The van der Waals surface area contributed by atoms with Gasteiger partial charge in [0.2, 0.25) is 17.8 Å². The van der Waals surface area contributed by atoms with Crippen molar-refractivity contribution >= 4 is 50.4 Å². The van der Waals surface area contributed by atoms with Crippen LogP contribution in [-0.2, 0) is 11.2 Å². The highest BCUT2D eigenvalue weighted by Crippen LogP contribution is 2.36. The van der Waals surface area contributed by atoms with Gasteiger partial charge in [0.05, 0.1) is 19.7 Å². The predicted molar refractivity (Wildman–Crippen MR) is 121 cm³/mol. The number of amides is 2. The van der Waals surface area contributed by atoms with Crippen molar-refractivity contribution in [1.29, 1.82) is 0 Å². The van der Waals surface area contributed by atoms with Crippen molar-refractivity contribution in [2.75, 3.05) is 19.2 Å². The van der Waals surface area contributed by atoms with Gasteiger partial charge >= 0.3 is 0 Å². The summed E-state index contributed by atoms with van der Waals surface area (Å²) in [6.07, 6.45) is 1.46. The fourth-order valence-corrected chi connectivity index (χ4v) is 3.83. The van der Waals surface area contributed by atoms with E-state index in [0.29, 0.717) is 38.5 Å². The Bertz CT molecular complexity index is 1180. The quantitative estimate of drug-likeness (QED) is 0.364. The van der Waals surface area contributed by atoms with Crippen LogP contribution < -0.4 is 25.0 Å². The molecule has 0 saturated carbocycles. The van der Waals surface area contributed by atoms with E-state index >= 15 is 0 Å². The summed E-state index contributed by atoms with van der Waals surface area (Å²) in [5.74, 6) is 1.20. The van der Waals surface area contributed by atoms with Crippen LogP contribution in [0.25, 0.3) is 0 Å². The van der Waals surface area contributed by atoms with Gasteiger partial charge in [0.25, 0.3) is 5.91 Å². The second-order valence-electron chi connectivity index (χ2n) is 6.38. The van der Waals surface area contributed by atoms with Crippen LogP contribution in [0.4, 0.5) is 5.13 Å². The van der Waals surface area contributed by atoms with Gasteiger partial charge in [0, 0.05) is 15.6 Å². The van der Waals surface area contributed by atoms with E-state index in [1.165, 1.54) is 6.21 Å². The Morgan fingerprint density at radius 3 is 2.72 bits per heavy atom. The standard InChI is InChI=1S/C20H16BrN5O5S/c1-29-13-4-2-11(3-5-13)19(28)23-20-26-25-18(32-20)8-17(27)24-22-9-12-6-15-16(7-14(12)21)31-10-30-15/h2-7,9H,8,10H2,1H3,(H,24,27)(H,23,26,28)/b22-9+. The molecule has 1 aliphatic heterocycles. The van der Waals surface area contributed by atoms with E-state index in [4.69, 9.17) is 14.2 Å². The molecule has 3 aromatic rings. The number of methoxy groups -OCH3 is 1. The summed E-state index contributed by atoms with van der Waals surface area (Å²) in [6, 6.07) is 10.2. The number of hydrazone groups is 1. The topological polar surface area (TPSA) is 124 Å². The normalized spacial score (nSPS) is 12.1. The third-order valence-electron chi connectivity index (χ3n) is 4.24. The minimum atomic E-state index is -0.373. The van der Waals surface area contributed by atoms with Gasteiger partial charge in [-0.15, -0.1) is 10.2 Å². The van der Waals surface area contributed by atoms with Crippen molar-refractivity contribution in [3.63, 3.8) is 0 Å². The van der Waals surface area contributed by atoms with Crippen molar-refractivity contribution in [3.8, 4) is 17.2 Å². The van der Waals surface area contributed by atoms with Crippen LogP contribution in [-0.4, -0.2) is 42.1 Å². The number of benzene rings is 2. The van der Waals surface area contributed by atoms with Crippen molar-refractivity contribution < 1.29 is 23.8 Å². The van der Waals surface area contributed by atoms with E-state index in [1.54, 1.807) is 43.5 Å². The Kier molecular flexibility index (Phi) is 6.61. The number of ether oxygens (including phenoxy) is 3. The summed E-state index contributed by atoms with van der Waals surface area (Å²) in [5.41, 5.74) is 3.60. The molecular formula is C20H16BrN5O5S. The average Bonchev–Trinajstić information content (AvgIpc) is 3.42. The molecule has 0 spiro atoms. The van der Waals surface area contributed by atoms with E-state index in [1.807, 2.05) is 0 Å². The summed E-state index contributed by atoms with van der Waals surface area (Å²) in [4.78, 5) is 24.4. The smallest absolute Gasteiger partial charge is 0.257 e. The highest BCUT2D eigenvalue weighted by Gasteiger charge is 2.16. The van der Waals surface area contributed by atoms with E-state index in [0.717, 1.165) is 15.8 Å². The van der Waals surface area contributed by atoms with Gasteiger partial charge < -0.3 is 14.2 Å². The van der Waals surface area contributed by atoms with E-state index in [-0.39, 0.29) is 25.0 Å². The van der Waals surface area contributed by atoms with Crippen molar-refractivity contribution in [2.45, 2.75) is 6.42 Å². The van der Waals surface area contributed by atoms with Crippen molar-refractivity contribution in [2.24, 2.45) is 5.10 Å². The van der Waals surface area contributed by atoms with Gasteiger partial charge in [-0.1, -0.05) is 11.3 Å². The van der Waals surface area contributed by atoms with Crippen molar-refractivity contribution in [3.05, 3.63) is 57.0 Å². The zero-order valence-corrected chi connectivity index (χ0v) is 19.0. The van der Waals surface area contributed by atoms with Gasteiger partial charge in [-0.3, -0.25) is 14.9 Å². The minimum absolute atomic E-state index is 0.0320. The van der Waals surface area contributed by atoms with Crippen LogP contribution in [0, 0.1) is 0 Å². The third kappa shape index (κ3) is 5.21. The molecule has 32 heavy (non-hydrogen) atoms. The second kappa shape index (κ2) is 9.75. The maximum absolute atomic E-state index is 12.3. The second-order valence-corrected chi connectivity index (χ2v) is 8.30. The summed E-state index contributed by atoms with van der Waals surface area (Å²) < 4.78 is 16.4. The van der Waals surface area contributed by atoms with Crippen LogP contribution >= 0.6 is 27.3 Å². The molecule has 0 radical (unpaired) electrons. The van der Waals surface area contributed by atoms with E-state index < -0.39 is 0 Å². The third-order valence-corrected chi connectivity index (χ3v) is 5.76. The monoisotopic (exact) mass is 517 g/mol. The van der Waals surface area contributed by atoms with Gasteiger partial charge in [0.1, 0.15) is 10.8 Å². The molecule has 2 amide bonds. The number of anilines is 1. The lowest BCUT2D eigenvalue weighted by molar-refractivity contribution is -0.120. The van der Waals surface area contributed by atoms with E-state index in [2.05, 4.69) is 42.0 Å². The first-order valence-electron chi connectivity index (χ1n) is 9.20. The number of carbonyl (C=O) groups is 2. The molecule has 164 valence electrons. The van der Waals surface area contributed by atoms with Gasteiger partial charge in [-0.25, -0.2) is 5.43 Å². The van der Waals surface area contributed by atoms with Gasteiger partial charge in [-0.05, 0) is 52.3 Å². The number of nitrogens with one attached hydrogen (secondary N) is 2. The number of hydrogen-bond acceptors (Lipinski definition) is 9. The molecule has 4 rings (SSSR count). The number of hydrogen-bond donors (Lipinski definition) is 2. The minimum Gasteiger partial charge on any atom is -0.497 e. The lowest BCUT2D eigenvalue weighted by atomic mass is 10.2. The molecule has 2 aromatic carbocycles. The van der Waals surface area contributed by atoms with Gasteiger partial charge in [-0.2, -0.15) is 5.10 Å². The van der Waals surface area contributed by atoms with Crippen molar-refractivity contribution in [1.82, 2.24) is 15.6 Å². The Labute approximate surface area is 194 Å². The average molecular weight is 518 g/mol. The number of nitrogens with zero attached hydrogens (tertiary/aromatic N) is 3. The Morgan fingerprint density at radius 2 is 1.97 bits per heavy atom. The number of fused-ring (bicyclic) bond motifs is 1. The van der Waals surface area contributed by atoms with Crippen LogP contribution in [0.15, 0.2) is 46.0 Å². The lowest BCUT2D eigenvalue weighted by Crippen LogP contribution is -2.19. The first-order chi connectivity index (χ1) is 15.5. The Balaban J connectivity index is 1.30. The maximum atomic E-state index is 12.3. The van der Waals surface area contributed by atoms with Gasteiger partial charge in [0.15, 0.2) is 11.5 Å². The number of carbonyl (C=O) groups excluding carboxylic acids is 2. The number of aromatic nitrogens is 2.